The Morgan fingerprint density at radius 2 is 2.08 bits per heavy atom. The van der Waals surface area contributed by atoms with Crippen LogP contribution in [0.4, 0.5) is 0 Å². The minimum absolute atomic E-state index is 0.342. The van der Waals surface area contributed by atoms with E-state index in [-0.39, 0.29) is 0 Å². The summed E-state index contributed by atoms with van der Waals surface area (Å²) in [5.74, 6) is 0.342. The van der Waals surface area contributed by atoms with Gasteiger partial charge in [0.1, 0.15) is 6.33 Å². The molecule has 0 unspecified atom stereocenters. The molecule has 64 valence electrons. The minimum Gasteiger partial charge on any atom is -0.294 e. The van der Waals surface area contributed by atoms with E-state index in [0.29, 0.717) is 12.1 Å². The summed E-state index contributed by atoms with van der Waals surface area (Å²) < 4.78 is 1.62. The molecule has 2 aromatic rings. The Balaban J connectivity index is 2.52. The van der Waals surface area contributed by atoms with Gasteiger partial charge in [-0.2, -0.15) is 0 Å². The van der Waals surface area contributed by atoms with Crippen molar-refractivity contribution in [1.29, 1.82) is 0 Å². The highest BCUT2D eigenvalue weighted by Gasteiger charge is 2.02. The van der Waals surface area contributed by atoms with Crippen LogP contribution in [-0.2, 0) is 0 Å². The van der Waals surface area contributed by atoms with Crippen molar-refractivity contribution in [2.45, 2.75) is 0 Å². The van der Waals surface area contributed by atoms with Crippen molar-refractivity contribution in [3.8, 4) is 5.69 Å². The van der Waals surface area contributed by atoms with Crippen LogP contribution in [0.2, 0.25) is 0 Å². The molecule has 5 heteroatoms. The molecule has 0 amide bonds. The number of nitrogens with zero attached hydrogens (tertiary/aromatic N) is 4. The lowest BCUT2D eigenvalue weighted by Crippen LogP contribution is -1.99. The van der Waals surface area contributed by atoms with Gasteiger partial charge in [-0.15, -0.1) is 0 Å². The van der Waals surface area contributed by atoms with Gasteiger partial charge in [-0.05, 0) is 0 Å². The first-order valence-electron chi connectivity index (χ1n) is 3.66. The predicted octanol–water partition coefficient (Wildman–Crippen LogP) is 0.475. The number of carbonyl (C=O) groups excluding carboxylic acids is 1. The summed E-state index contributed by atoms with van der Waals surface area (Å²) in [6, 6.07) is 0. The van der Waals surface area contributed by atoms with Crippen molar-refractivity contribution in [3.05, 3.63) is 36.9 Å². The molecule has 0 saturated heterocycles. The zero-order valence-electron chi connectivity index (χ0n) is 6.66. The van der Waals surface area contributed by atoms with Crippen LogP contribution in [0.15, 0.2) is 31.1 Å². The molecule has 0 spiro atoms. The summed E-state index contributed by atoms with van der Waals surface area (Å²) in [7, 11) is 0. The standard InChI is InChI=1S/C8H6N4O/c13-5-8-11-1-2-12(8)7-3-9-6-10-4-7/h1-6H. The molecule has 0 aliphatic carbocycles. The highest BCUT2D eigenvalue weighted by atomic mass is 16.1. The van der Waals surface area contributed by atoms with Gasteiger partial charge in [0.05, 0.1) is 18.1 Å². The number of carbonyl (C=O) groups is 1. The Morgan fingerprint density at radius 1 is 1.31 bits per heavy atom. The van der Waals surface area contributed by atoms with E-state index in [9.17, 15) is 4.79 Å². The summed E-state index contributed by atoms with van der Waals surface area (Å²) in [6.45, 7) is 0. The number of imidazole rings is 1. The summed E-state index contributed by atoms with van der Waals surface area (Å²) in [5, 5.41) is 0. The molecule has 0 fully saturated rings. The molecule has 0 aliphatic rings. The van der Waals surface area contributed by atoms with Crippen molar-refractivity contribution < 1.29 is 4.79 Å². The summed E-state index contributed by atoms with van der Waals surface area (Å²) >= 11 is 0. The van der Waals surface area contributed by atoms with Crippen LogP contribution in [0.5, 0.6) is 0 Å². The smallest absolute Gasteiger partial charge is 0.185 e. The molecule has 0 atom stereocenters. The van der Waals surface area contributed by atoms with Gasteiger partial charge in [0.25, 0.3) is 0 Å². The van der Waals surface area contributed by atoms with E-state index in [4.69, 9.17) is 0 Å². The summed E-state index contributed by atoms with van der Waals surface area (Å²) in [6.07, 6.45) is 8.58. The Bertz CT molecular complexity index is 409. The van der Waals surface area contributed by atoms with Gasteiger partial charge >= 0.3 is 0 Å². The van der Waals surface area contributed by atoms with Gasteiger partial charge in [-0.3, -0.25) is 9.36 Å². The van der Waals surface area contributed by atoms with Gasteiger partial charge in [0.15, 0.2) is 12.1 Å². The van der Waals surface area contributed by atoms with Crippen LogP contribution in [-0.4, -0.2) is 25.8 Å². The van der Waals surface area contributed by atoms with Crippen LogP contribution in [0.1, 0.15) is 10.6 Å². The SMILES string of the molecule is O=Cc1nccn1-c1cncnc1. The van der Waals surface area contributed by atoms with E-state index >= 15 is 0 Å². The van der Waals surface area contributed by atoms with Crippen molar-refractivity contribution in [1.82, 2.24) is 19.5 Å². The van der Waals surface area contributed by atoms with Crippen molar-refractivity contribution in [2.75, 3.05) is 0 Å². The van der Waals surface area contributed by atoms with E-state index in [2.05, 4.69) is 15.0 Å². The Labute approximate surface area is 74.1 Å². The lowest BCUT2D eigenvalue weighted by molar-refractivity contribution is 0.111. The van der Waals surface area contributed by atoms with E-state index in [1.807, 2.05) is 0 Å². The quantitative estimate of drug-likeness (QED) is 0.621. The summed E-state index contributed by atoms with van der Waals surface area (Å²) in [5.41, 5.74) is 0.724. The predicted molar refractivity (Wildman–Crippen MR) is 44.5 cm³/mol. The second-order valence-electron chi connectivity index (χ2n) is 2.37. The lowest BCUT2D eigenvalue weighted by Gasteiger charge is -2.00. The molecule has 5 nitrogen and oxygen atoms in total. The van der Waals surface area contributed by atoms with E-state index in [1.165, 1.54) is 6.33 Å². The first-order chi connectivity index (χ1) is 6.42. The average Bonchev–Trinajstić information content (AvgIpc) is 2.67. The fourth-order valence-corrected chi connectivity index (χ4v) is 1.04. The highest BCUT2D eigenvalue weighted by molar-refractivity contribution is 5.70. The van der Waals surface area contributed by atoms with Gasteiger partial charge in [0, 0.05) is 12.4 Å². The Kier molecular flexibility index (Phi) is 1.84. The number of hydrogen-bond acceptors (Lipinski definition) is 4. The monoisotopic (exact) mass is 174 g/mol. The van der Waals surface area contributed by atoms with Crippen LogP contribution in [0, 0.1) is 0 Å². The zero-order chi connectivity index (χ0) is 9.10. The number of hydrogen-bond donors (Lipinski definition) is 0. The Morgan fingerprint density at radius 3 is 2.77 bits per heavy atom. The largest absolute Gasteiger partial charge is 0.294 e. The van der Waals surface area contributed by atoms with E-state index < -0.39 is 0 Å². The van der Waals surface area contributed by atoms with E-state index in [1.54, 1.807) is 29.4 Å². The first kappa shape index (κ1) is 7.60. The third kappa shape index (κ3) is 1.31. The summed E-state index contributed by atoms with van der Waals surface area (Å²) in [4.78, 5) is 22.1. The van der Waals surface area contributed by atoms with Crippen molar-refractivity contribution in [3.63, 3.8) is 0 Å². The van der Waals surface area contributed by atoms with E-state index in [0.717, 1.165) is 5.69 Å². The Hall–Kier alpha value is -2.04. The minimum atomic E-state index is 0.342. The van der Waals surface area contributed by atoms with Gasteiger partial charge in [0.2, 0.25) is 0 Å². The molecular formula is C8H6N4O. The highest BCUT2D eigenvalue weighted by Crippen LogP contribution is 2.05. The molecule has 13 heavy (non-hydrogen) atoms. The fraction of sp³-hybridized carbons (Fsp3) is 0. The van der Waals surface area contributed by atoms with Crippen molar-refractivity contribution in [2.24, 2.45) is 0 Å². The molecule has 0 aliphatic heterocycles. The fourth-order valence-electron chi connectivity index (χ4n) is 1.04. The molecule has 2 aromatic heterocycles. The van der Waals surface area contributed by atoms with Crippen LogP contribution >= 0.6 is 0 Å². The van der Waals surface area contributed by atoms with Crippen LogP contribution < -0.4 is 0 Å². The molecule has 0 N–H and O–H groups in total. The maximum absolute atomic E-state index is 10.5. The molecule has 2 heterocycles. The van der Waals surface area contributed by atoms with Gasteiger partial charge in [-0.25, -0.2) is 15.0 Å². The number of aldehydes is 1. The average molecular weight is 174 g/mol. The second-order valence-corrected chi connectivity index (χ2v) is 2.37. The molecule has 0 aromatic carbocycles. The topological polar surface area (TPSA) is 60.7 Å². The third-order valence-electron chi connectivity index (χ3n) is 1.60. The zero-order valence-corrected chi connectivity index (χ0v) is 6.66. The normalized spacial score (nSPS) is 9.85. The molecular weight excluding hydrogens is 168 g/mol. The lowest BCUT2D eigenvalue weighted by atomic mass is 10.5. The molecule has 0 bridgehead atoms. The molecule has 2 rings (SSSR count). The maximum atomic E-state index is 10.5. The second kappa shape index (κ2) is 3.14. The third-order valence-corrected chi connectivity index (χ3v) is 1.60. The number of rotatable bonds is 2. The van der Waals surface area contributed by atoms with Crippen molar-refractivity contribution >= 4 is 6.29 Å². The molecule has 0 radical (unpaired) electrons. The van der Waals surface area contributed by atoms with Crippen LogP contribution in [0.25, 0.3) is 5.69 Å². The van der Waals surface area contributed by atoms with Gasteiger partial charge in [-0.1, -0.05) is 0 Å². The van der Waals surface area contributed by atoms with Crippen LogP contribution in [0.3, 0.4) is 0 Å². The van der Waals surface area contributed by atoms with Gasteiger partial charge < -0.3 is 0 Å². The first-order valence-corrected chi connectivity index (χ1v) is 3.66. The number of aromatic nitrogens is 4. The maximum Gasteiger partial charge on any atom is 0.185 e. The molecule has 0 saturated carbocycles.